The van der Waals surface area contributed by atoms with E-state index in [1.807, 2.05) is 18.2 Å². The van der Waals surface area contributed by atoms with E-state index >= 15 is 0 Å². The number of carboxylic acids is 1. The minimum atomic E-state index is -1.70. The number of hydrogen-bond acceptors (Lipinski definition) is 7. The van der Waals surface area contributed by atoms with Crippen LogP contribution in [0, 0.1) is 5.92 Å². The molecule has 4 atom stereocenters. The van der Waals surface area contributed by atoms with Crippen LogP contribution in [0.2, 0.25) is 0 Å². The van der Waals surface area contributed by atoms with E-state index in [-0.39, 0.29) is 12.3 Å². The van der Waals surface area contributed by atoms with Crippen LogP contribution in [0.1, 0.15) is 32.3 Å². The van der Waals surface area contributed by atoms with Crippen molar-refractivity contribution >= 4 is 46.4 Å². The third kappa shape index (κ3) is 8.30. The largest absolute Gasteiger partial charge is 0.480 e. The monoisotopic (exact) mass is 531 g/mol. The van der Waals surface area contributed by atoms with E-state index < -0.39 is 72.5 Å². The average Bonchev–Trinajstić information content (AvgIpc) is 3.24. The minimum absolute atomic E-state index is 0.00324. The Bertz CT molecular complexity index is 1210. The van der Waals surface area contributed by atoms with Crippen molar-refractivity contribution in [1.82, 2.24) is 20.9 Å². The Morgan fingerprint density at radius 2 is 1.37 bits per heavy atom. The summed E-state index contributed by atoms with van der Waals surface area (Å²) in [4.78, 5) is 76.1. The average molecular weight is 532 g/mol. The van der Waals surface area contributed by atoms with Crippen LogP contribution in [0.15, 0.2) is 30.5 Å². The number of aromatic nitrogens is 1. The van der Waals surface area contributed by atoms with Gasteiger partial charge in [-0.1, -0.05) is 32.0 Å². The van der Waals surface area contributed by atoms with E-state index in [9.17, 15) is 33.9 Å². The van der Waals surface area contributed by atoms with Crippen LogP contribution in [0.5, 0.6) is 0 Å². The molecule has 4 unspecified atom stereocenters. The van der Waals surface area contributed by atoms with E-state index in [0.29, 0.717) is 5.56 Å². The Morgan fingerprint density at radius 3 is 1.95 bits per heavy atom. The summed E-state index contributed by atoms with van der Waals surface area (Å²) in [5.41, 5.74) is 17.7. The van der Waals surface area contributed by atoms with E-state index in [1.165, 1.54) is 0 Å². The molecule has 38 heavy (non-hydrogen) atoms. The lowest BCUT2D eigenvalue weighted by Crippen LogP contribution is -2.58. The fourth-order valence-corrected chi connectivity index (χ4v) is 3.66. The molecule has 5 amide bonds. The smallest absolute Gasteiger partial charge is 0.326 e. The van der Waals surface area contributed by atoms with Gasteiger partial charge >= 0.3 is 5.97 Å². The van der Waals surface area contributed by atoms with Gasteiger partial charge in [0, 0.05) is 23.5 Å². The van der Waals surface area contributed by atoms with Crippen molar-refractivity contribution in [2.75, 3.05) is 0 Å². The molecule has 1 heterocycles. The Hall–Kier alpha value is -4.46. The number of aliphatic carboxylic acids is 1. The zero-order chi connectivity index (χ0) is 28.6. The maximum absolute atomic E-state index is 13.3. The van der Waals surface area contributed by atoms with Crippen LogP contribution in [0.3, 0.4) is 0 Å². The first-order valence-electron chi connectivity index (χ1n) is 11.8. The summed E-state index contributed by atoms with van der Waals surface area (Å²) in [6.45, 7) is 3.47. The van der Waals surface area contributed by atoms with E-state index in [1.54, 1.807) is 26.1 Å². The maximum atomic E-state index is 13.3. The van der Waals surface area contributed by atoms with E-state index in [0.717, 1.165) is 10.9 Å². The Labute approximate surface area is 218 Å². The van der Waals surface area contributed by atoms with Crippen LogP contribution >= 0.6 is 0 Å². The number of primary amides is 2. The molecule has 11 N–H and O–H groups in total. The fraction of sp³-hybridized carbons (Fsp3) is 0.417. The SMILES string of the molecule is CC(C)C(N)C(=O)NC(Cc1c[nH]c2ccccc12)C(=O)NC(CC(N)=O)C(=O)NC(CC(N)=O)C(=O)O. The quantitative estimate of drug-likeness (QED) is 0.135. The number of carbonyl (C=O) groups excluding carboxylic acids is 5. The summed E-state index contributed by atoms with van der Waals surface area (Å²) in [7, 11) is 0. The Morgan fingerprint density at radius 1 is 0.842 bits per heavy atom. The number of aromatic amines is 1. The van der Waals surface area contributed by atoms with Gasteiger partial charge in [0.2, 0.25) is 29.5 Å². The summed E-state index contributed by atoms with van der Waals surface area (Å²) < 4.78 is 0. The molecule has 0 aliphatic carbocycles. The second-order valence-electron chi connectivity index (χ2n) is 9.20. The zero-order valence-corrected chi connectivity index (χ0v) is 21.0. The summed E-state index contributed by atoms with van der Waals surface area (Å²) in [5, 5.41) is 17.1. The highest BCUT2D eigenvalue weighted by atomic mass is 16.4. The summed E-state index contributed by atoms with van der Waals surface area (Å²) >= 11 is 0. The zero-order valence-electron chi connectivity index (χ0n) is 21.0. The van der Waals surface area contributed by atoms with Gasteiger partial charge in [-0.25, -0.2) is 4.79 Å². The molecule has 0 radical (unpaired) electrons. The van der Waals surface area contributed by atoms with Crippen molar-refractivity contribution < 1.29 is 33.9 Å². The summed E-state index contributed by atoms with van der Waals surface area (Å²) in [5.74, 6) is -6.28. The number of H-pyrrole nitrogens is 1. The number of hydrogen-bond donors (Lipinski definition) is 8. The normalized spacial score (nSPS) is 14.2. The minimum Gasteiger partial charge on any atom is -0.480 e. The second-order valence-corrected chi connectivity index (χ2v) is 9.20. The number of nitrogens with two attached hydrogens (primary N) is 3. The van der Waals surface area contributed by atoms with Crippen molar-refractivity contribution in [1.29, 1.82) is 0 Å². The standard InChI is InChI=1S/C24H33N7O7/c1-11(2)20(27)23(36)30-15(7-12-10-28-14-6-4-3-5-13(12)14)21(34)29-16(8-18(25)32)22(35)31-17(24(37)38)9-19(26)33/h3-6,10-11,15-17,20,28H,7-9,27H2,1-2H3,(H2,25,32)(H2,26,33)(H,29,34)(H,30,36)(H,31,35)(H,37,38). The molecule has 2 aromatic rings. The molecule has 1 aromatic carbocycles. The van der Waals surface area contributed by atoms with Crippen molar-refractivity contribution in [2.24, 2.45) is 23.1 Å². The lowest BCUT2D eigenvalue weighted by molar-refractivity contribution is -0.144. The molecular weight excluding hydrogens is 498 g/mol. The van der Waals surface area contributed by atoms with Gasteiger partial charge < -0.3 is 43.2 Å². The number of carboxylic acid groups (broad SMARTS) is 1. The highest BCUT2D eigenvalue weighted by Gasteiger charge is 2.32. The van der Waals surface area contributed by atoms with Crippen molar-refractivity contribution in [2.45, 2.75) is 57.3 Å². The van der Waals surface area contributed by atoms with E-state index in [2.05, 4.69) is 20.9 Å². The first-order valence-corrected chi connectivity index (χ1v) is 11.8. The highest BCUT2D eigenvalue weighted by molar-refractivity contribution is 5.97. The first kappa shape index (κ1) is 29.8. The highest BCUT2D eigenvalue weighted by Crippen LogP contribution is 2.19. The number of carbonyl (C=O) groups is 6. The van der Waals surface area contributed by atoms with Crippen LogP contribution in [0.4, 0.5) is 0 Å². The third-order valence-electron chi connectivity index (χ3n) is 5.81. The number of benzene rings is 1. The summed E-state index contributed by atoms with van der Waals surface area (Å²) in [6.07, 6.45) is 0.273. The number of para-hydroxylation sites is 1. The number of amides is 5. The lowest BCUT2D eigenvalue weighted by Gasteiger charge is -2.25. The van der Waals surface area contributed by atoms with Crippen LogP contribution in [-0.4, -0.2) is 69.8 Å². The van der Waals surface area contributed by atoms with Gasteiger partial charge in [-0.3, -0.25) is 24.0 Å². The van der Waals surface area contributed by atoms with Gasteiger partial charge in [0.05, 0.1) is 18.9 Å². The lowest BCUT2D eigenvalue weighted by atomic mass is 10.0. The van der Waals surface area contributed by atoms with Crippen molar-refractivity contribution in [3.05, 3.63) is 36.0 Å². The molecular formula is C24H33N7O7. The van der Waals surface area contributed by atoms with Crippen LogP contribution in [0.25, 0.3) is 10.9 Å². The molecule has 0 aliphatic rings. The van der Waals surface area contributed by atoms with Gasteiger partial charge in [-0.15, -0.1) is 0 Å². The van der Waals surface area contributed by atoms with Crippen LogP contribution < -0.4 is 33.2 Å². The van der Waals surface area contributed by atoms with Crippen molar-refractivity contribution in [3.63, 3.8) is 0 Å². The van der Waals surface area contributed by atoms with Gasteiger partial charge in [0.25, 0.3) is 0 Å². The first-order chi connectivity index (χ1) is 17.8. The second kappa shape index (κ2) is 13.2. The molecule has 0 saturated carbocycles. The molecule has 1 aromatic heterocycles. The molecule has 0 fully saturated rings. The van der Waals surface area contributed by atoms with Gasteiger partial charge in [-0.2, -0.15) is 0 Å². The maximum Gasteiger partial charge on any atom is 0.326 e. The Kier molecular flexibility index (Phi) is 10.3. The van der Waals surface area contributed by atoms with Gasteiger partial charge in [0.1, 0.15) is 18.1 Å². The molecule has 0 aliphatic heterocycles. The molecule has 14 nitrogen and oxygen atoms in total. The van der Waals surface area contributed by atoms with Crippen LogP contribution in [-0.2, 0) is 35.2 Å². The molecule has 0 spiro atoms. The molecule has 14 heteroatoms. The Balaban J connectivity index is 2.32. The van der Waals surface area contributed by atoms with Gasteiger partial charge in [0.15, 0.2) is 0 Å². The topological polar surface area (TPSA) is 253 Å². The number of rotatable bonds is 14. The fourth-order valence-electron chi connectivity index (χ4n) is 3.66. The number of nitrogens with one attached hydrogen (secondary N) is 4. The summed E-state index contributed by atoms with van der Waals surface area (Å²) in [6, 6.07) is 1.84. The molecule has 2 rings (SSSR count). The molecule has 0 bridgehead atoms. The molecule has 206 valence electrons. The predicted molar refractivity (Wildman–Crippen MR) is 136 cm³/mol. The van der Waals surface area contributed by atoms with Crippen molar-refractivity contribution in [3.8, 4) is 0 Å². The van der Waals surface area contributed by atoms with E-state index in [4.69, 9.17) is 17.2 Å². The number of fused-ring (bicyclic) bond motifs is 1. The molecule has 0 saturated heterocycles. The van der Waals surface area contributed by atoms with Gasteiger partial charge in [-0.05, 0) is 17.5 Å². The third-order valence-corrected chi connectivity index (χ3v) is 5.81. The predicted octanol–water partition coefficient (Wildman–Crippen LogP) is -2.02.